The van der Waals surface area contributed by atoms with Gasteiger partial charge in [-0.25, -0.2) is 0 Å². The van der Waals surface area contributed by atoms with Crippen molar-refractivity contribution in [1.82, 2.24) is 0 Å². The van der Waals surface area contributed by atoms with E-state index in [9.17, 15) is 0 Å². The van der Waals surface area contributed by atoms with Gasteiger partial charge in [0.1, 0.15) is 0 Å². The Morgan fingerprint density at radius 1 is 1.00 bits per heavy atom. The maximum atomic E-state index is 6.15. The number of anilines is 1. The van der Waals surface area contributed by atoms with Gasteiger partial charge in [0.05, 0.1) is 0 Å². The number of unbranched alkanes of at least 4 members (excludes halogenated alkanes) is 1. The number of benzene rings is 2. The highest BCUT2D eigenvalue weighted by Gasteiger charge is 2.01. The van der Waals surface area contributed by atoms with E-state index in [1.54, 1.807) is 6.07 Å². The first kappa shape index (κ1) is 15.2. The fourth-order valence-electron chi connectivity index (χ4n) is 2.03. The summed E-state index contributed by atoms with van der Waals surface area (Å²) in [6.07, 6.45) is 3.63. The second-order valence-electron chi connectivity index (χ2n) is 4.89. The standard InChI is InChI=1S/C17H19Cl2N/c1-2-3-4-13-5-9-16(10-6-13)20-12-14-7-8-15(18)11-17(14)19/h5-11,20H,2-4,12H2,1H3. The highest BCUT2D eigenvalue weighted by Crippen LogP contribution is 2.22. The second-order valence-corrected chi connectivity index (χ2v) is 5.73. The smallest absolute Gasteiger partial charge is 0.0470 e. The van der Waals surface area contributed by atoms with Crippen LogP contribution < -0.4 is 5.32 Å². The van der Waals surface area contributed by atoms with Crippen LogP contribution in [0.1, 0.15) is 30.9 Å². The first-order valence-electron chi connectivity index (χ1n) is 6.96. The van der Waals surface area contributed by atoms with Crippen molar-refractivity contribution in [1.29, 1.82) is 0 Å². The lowest BCUT2D eigenvalue weighted by atomic mass is 10.1. The summed E-state index contributed by atoms with van der Waals surface area (Å²) in [5.41, 5.74) is 3.55. The van der Waals surface area contributed by atoms with E-state index < -0.39 is 0 Å². The molecule has 0 heterocycles. The molecule has 0 aromatic heterocycles. The molecular weight excluding hydrogens is 289 g/mol. The third-order valence-corrected chi connectivity index (χ3v) is 3.86. The van der Waals surface area contributed by atoms with E-state index in [-0.39, 0.29) is 0 Å². The van der Waals surface area contributed by atoms with Gasteiger partial charge >= 0.3 is 0 Å². The quantitative estimate of drug-likeness (QED) is 0.695. The predicted molar refractivity (Wildman–Crippen MR) is 88.8 cm³/mol. The first-order valence-corrected chi connectivity index (χ1v) is 7.71. The van der Waals surface area contributed by atoms with E-state index in [2.05, 4.69) is 36.5 Å². The van der Waals surface area contributed by atoms with E-state index in [1.165, 1.54) is 18.4 Å². The minimum atomic E-state index is 0.666. The van der Waals surface area contributed by atoms with Crippen molar-refractivity contribution < 1.29 is 0 Å². The van der Waals surface area contributed by atoms with E-state index in [0.717, 1.165) is 17.7 Å². The van der Waals surface area contributed by atoms with Crippen LogP contribution in [0.25, 0.3) is 0 Å². The number of nitrogens with one attached hydrogen (secondary N) is 1. The van der Waals surface area contributed by atoms with Crippen LogP contribution in [0.4, 0.5) is 5.69 Å². The summed E-state index contributed by atoms with van der Waals surface area (Å²) in [5, 5.41) is 4.74. The zero-order valence-electron chi connectivity index (χ0n) is 11.6. The monoisotopic (exact) mass is 307 g/mol. The van der Waals surface area contributed by atoms with Gasteiger partial charge in [0, 0.05) is 22.3 Å². The van der Waals surface area contributed by atoms with Crippen LogP contribution in [-0.2, 0) is 13.0 Å². The van der Waals surface area contributed by atoms with E-state index in [1.807, 2.05) is 12.1 Å². The Kier molecular flexibility index (Phi) is 5.75. The van der Waals surface area contributed by atoms with Gasteiger partial charge in [-0.3, -0.25) is 0 Å². The minimum Gasteiger partial charge on any atom is -0.381 e. The van der Waals surface area contributed by atoms with Crippen LogP contribution in [0.15, 0.2) is 42.5 Å². The van der Waals surface area contributed by atoms with Crippen molar-refractivity contribution in [2.75, 3.05) is 5.32 Å². The normalized spacial score (nSPS) is 10.6. The Hall–Kier alpha value is -1.18. The average Bonchev–Trinajstić information content (AvgIpc) is 2.45. The van der Waals surface area contributed by atoms with Crippen molar-refractivity contribution >= 4 is 28.9 Å². The molecular formula is C17H19Cl2N. The first-order chi connectivity index (χ1) is 9.69. The molecule has 0 radical (unpaired) electrons. The Morgan fingerprint density at radius 3 is 2.40 bits per heavy atom. The zero-order valence-corrected chi connectivity index (χ0v) is 13.1. The summed E-state index contributed by atoms with van der Waals surface area (Å²) in [6, 6.07) is 14.2. The maximum Gasteiger partial charge on any atom is 0.0470 e. The molecule has 0 aliphatic carbocycles. The summed E-state index contributed by atoms with van der Waals surface area (Å²) in [6.45, 7) is 2.91. The van der Waals surface area contributed by atoms with Crippen molar-refractivity contribution in [3.63, 3.8) is 0 Å². The molecule has 3 heteroatoms. The van der Waals surface area contributed by atoms with Gasteiger partial charge in [0.2, 0.25) is 0 Å². The molecule has 1 nitrogen and oxygen atoms in total. The van der Waals surface area contributed by atoms with Crippen molar-refractivity contribution in [2.45, 2.75) is 32.7 Å². The summed E-state index contributed by atoms with van der Waals surface area (Å²) in [4.78, 5) is 0. The van der Waals surface area contributed by atoms with E-state index >= 15 is 0 Å². The van der Waals surface area contributed by atoms with Gasteiger partial charge in [-0.2, -0.15) is 0 Å². The lowest BCUT2D eigenvalue weighted by Gasteiger charge is -2.09. The summed E-state index contributed by atoms with van der Waals surface area (Å²) >= 11 is 12.0. The van der Waals surface area contributed by atoms with Crippen LogP contribution >= 0.6 is 23.2 Å². The molecule has 0 atom stereocenters. The van der Waals surface area contributed by atoms with Crippen LogP contribution in [0.5, 0.6) is 0 Å². The van der Waals surface area contributed by atoms with Gasteiger partial charge in [-0.15, -0.1) is 0 Å². The molecule has 0 amide bonds. The second kappa shape index (κ2) is 7.56. The molecule has 2 aromatic rings. The topological polar surface area (TPSA) is 12.0 Å². The van der Waals surface area contributed by atoms with Crippen LogP contribution in [0.3, 0.4) is 0 Å². The minimum absolute atomic E-state index is 0.666. The van der Waals surface area contributed by atoms with Gasteiger partial charge in [-0.1, -0.05) is 54.7 Å². The highest BCUT2D eigenvalue weighted by atomic mass is 35.5. The van der Waals surface area contributed by atoms with Crippen molar-refractivity contribution in [2.24, 2.45) is 0 Å². The van der Waals surface area contributed by atoms with Crippen molar-refractivity contribution in [3.8, 4) is 0 Å². The van der Waals surface area contributed by atoms with Gasteiger partial charge in [0.25, 0.3) is 0 Å². The highest BCUT2D eigenvalue weighted by molar-refractivity contribution is 6.35. The van der Waals surface area contributed by atoms with Gasteiger partial charge in [-0.05, 0) is 48.2 Å². The molecule has 0 spiro atoms. The number of hydrogen-bond acceptors (Lipinski definition) is 1. The van der Waals surface area contributed by atoms with E-state index in [4.69, 9.17) is 23.2 Å². The molecule has 0 bridgehead atoms. The summed E-state index contributed by atoms with van der Waals surface area (Å²) < 4.78 is 0. The molecule has 0 aliphatic rings. The summed E-state index contributed by atoms with van der Waals surface area (Å²) in [7, 11) is 0. The molecule has 0 saturated carbocycles. The number of halogens is 2. The molecule has 0 aliphatic heterocycles. The lowest BCUT2D eigenvalue weighted by Crippen LogP contribution is -2.00. The van der Waals surface area contributed by atoms with Gasteiger partial charge in [0.15, 0.2) is 0 Å². The molecule has 1 N–H and O–H groups in total. The number of rotatable bonds is 6. The third kappa shape index (κ3) is 4.43. The molecule has 20 heavy (non-hydrogen) atoms. The molecule has 0 saturated heterocycles. The Balaban J connectivity index is 1.93. The Morgan fingerprint density at radius 2 is 1.75 bits per heavy atom. The molecule has 106 valence electrons. The Bertz CT molecular complexity index is 549. The average molecular weight is 308 g/mol. The van der Waals surface area contributed by atoms with Gasteiger partial charge < -0.3 is 5.32 Å². The van der Waals surface area contributed by atoms with Crippen LogP contribution in [0.2, 0.25) is 10.0 Å². The summed E-state index contributed by atoms with van der Waals surface area (Å²) in [5.74, 6) is 0. The maximum absolute atomic E-state index is 6.15. The van der Waals surface area contributed by atoms with Crippen LogP contribution in [0, 0.1) is 0 Å². The molecule has 0 unspecified atom stereocenters. The SMILES string of the molecule is CCCCc1ccc(NCc2ccc(Cl)cc2Cl)cc1. The van der Waals surface area contributed by atoms with Crippen LogP contribution in [-0.4, -0.2) is 0 Å². The fourth-order valence-corrected chi connectivity index (χ4v) is 2.51. The Labute approximate surface area is 130 Å². The molecule has 0 fully saturated rings. The zero-order chi connectivity index (χ0) is 14.4. The number of aryl methyl sites for hydroxylation is 1. The van der Waals surface area contributed by atoms with Crippen molar-refractivity contribution in [3.05, 3.63) is 63.6 Å². The molecule has 2 rings (SSSR count). The largest absolute Gasteiger partial charge is 0.381 e. The fraction of sp³-hybridized carbons (Fsp3) is 0.294. The third-order valence-electron chi connectivity index (χ3n) is 3.27. The van der Waals surface area contributed by atoms with E-state index in [0.29, 0.717) is 16.6 Å². The lowest BCUT2D eigenvalue weighted by molar-refractivity contribution is 0.795. The predicted octanol–water partition coefficient (Wildman–Crippen LogP) is 5.95. The molecule has 2 aromatic carbocycles. The number of hydrogen-bond donors (Lipinski definition) is 1.